The molecule has 0 fully saturated rings. The fourth-order valence-corrected chi connectivity index (χ4v) is 2.75. The molecule has 3 aromatic heterocycles. The standard InChI is InChI=1S/C21H21N5O3/c1-3-24-21(28)26-19-9-17(14-6-5-7-22-10-14)18(13-25-19)15-8-16(12-23-11-15)20(27)29-4-2/h5-13H,3-4H2,1-2H3,(H2,24,25,26,28). The van der Waals surface area contributed by atoms with E-state index in [2.05, 4.69) is 25.6 Å². The highest BCUT2D eigenvalue weighted by molar-refractivity contribution is 5.93. The number of anilines is 1. The molecule has 3 heterocycles. The number of aromatic nitrogens is 3. The zero-order valence-corrected chi connectivity index (χ0v) is 16.2. The fourth-order valence-electron chi connectivity index (χ4n) is 2.75. The van der Waals surface area contributed by atoms with Crippen LogP contribution < -0.4 is 10.6 Å². The summed E-state index contributed by atoms with van der Waals surface area (Å²) in [6, 6.07) is 6.86. The summed E-state index contributed by atoms with van der Waals surface area (Å²) in [6.45, 7) is 4.37. The van der Waals surface area contributed by atoms with E-state index in [1.54, 1.807) is 43.8 Å². The van der Waals surface area contributed by atoms with Crippen LogP contribution in [-0.2, 0) is 4.74 Å². The Labute approximate surface area is 168 Å². The van der Waals surface area contributed by atoms with E-state index in [4.69, 9.17) is 4.74 Å². The number of nitrogens with zero attached hydrogens (tertiary/aromatic N) is 3. The summed E-state index contributed by atoms with van der Waals surface area (Å²) < 4.78 is 5.06. The van der Waals surface area contributed by atoms with Gasteiger partial charge in [-0.1, -0.05) is 6.07 Å². The zero-order chi connectivity index (χ0) is 20.6. The van der Waals surface area contributed by atoms with Crippen LogP contribution in [0.2, 0.25) is 0 Å². The first-order valence-corrected chi connectivity index (χ1v) is 9.20. The van der Waals surface area contributed by atoms with Gasteiger partial charge in [0.05, 0.1) is 12.2 Å². The topological polar surface area (TPSA) is 106 Å². The van der Waals surface area contributed by atoms with Crippen LogP contribution in [0.3, 0.4) is 0 Å². The van der Waals surface area contributed by atoms with Gasteiger partial charge in [-0.25, -0.2) is 14.6 Å². The van der Waals surface area contributed by atoms with Gasteiger partial charge in [0.25, 0.3) is 0 Å². The van der Waals surface area contributed by atoms with E-state index in [-0.39, 0.29) is 12.6 Å². The number of nitrogens with one attached hydrogen (secondary N) is 2. The molecular weight excluding hydrogens is 370 g/mol. The van der Waals surface area contributed by atoms with Crippen molar-refractivity contribution in [3.8, 4) is 22.3 Å². The molecule has 3 rings (SSSR count). The van der Waals surface area contributed by atoms with Crippen molar-refractivity contribution in [2.24, 2.45) is 0 Å². The Morgan fingerprint density at radius 2 is 1.83 bits per heavy atom. The monoisotopic (exact) mass is 391 g/mol. The Morgan fingerprint density at radius 1 is 1.00 bits per heavy atom. The molecule has 8 nitrogen and oxygen atoms in total. The molecule has 0 atom stereocenters. The number of pyridine rings is 3. The Bertz CT molecular complexity index is 1010. The Kier molecular flexibility index (Phi) is 6.47. The van der Waals surface area contributed by atoms with Gasteiger partial charge in [0.2, 0.25) is 0 Å². The van der Waals surface area contributed by atoms with Crippen molar-refractivity contribution in [2.45, 2.75) is 13.8 Å². The fraction of sp³-hybridized carbons (Fsp3) is 0.190. The quantitative estimate of drug-likeness (QED) is 0.623. The highest BCUT2D eigenvalue weighted by atomic mass is 16.5. The Balaban J connectivity index is 2.05. The normalized spacial score (nSPS) is 10.3. The van der Waals surface area contributed by atoms with Crippen molar-refractivity contribution in [1.82, 2.24) is 20.3 Å². The van der Waals surface area contributed by atoms with Gasteiger partial charge in [0.1, 0.15) is 5.82 Å². The lowest BCUT2D eigenvalue weighted by atomic mass is 9.97. The third kappa shape index (κ3) is 4.92. The van der Waals surface area contributed by atoms with E-state index in [0.717, 1.165) is 16.7 Å². The van der Waals surface area contributed by atoms with Gasteiger partial charge in [-0.15, -0.1) is 0 Å². The van der Waals surface area contributed by atoms with Crippen LogP contribution in [0.1, 0.15) is 24.2 Å². The van der Waals surface area contributed by atoms with E-state index in [0.29, 0.717) is 23.5 Å². The van der Waals surface area contributed by atoms with Gasteiger partial charge in [-0.2, -0.15) is 0 Å². The summed E-state index contributed by atoms with van der Waals surface area (Å²) >= 11 is 0. The third-order valence-corrected chi connectivity index (χ3v) is 4.02. The van der Waals surface area contributed by atoms with E-state index in [1.165, 1.54) is 6.20 Å². The van der Waals surface area contributed by atoms with Crippen LogP contribution in [0.4, 0.5) is 10.6 Å². The molecule has 8 heteroatoms. The van der Waals surface area contributed by atoms with Gasteiger partial charge >= 0.3 is 12.0 Å². The van der Waals surface area contributed by atoms with Gasteiger partial charge < -0.3 is 10.1 Å². The van der Waals surface area contributed by atoms with Crippen LogP contribution >= 0.6 is 0 Å². The number of carbonyl (C=O) groups excluding carboxylic acids is 2. The minimum Gasteiger partial charge on any atom is -0.462 e. The van der Waals surface area contributed by atoms with Crippen LogP contribution in [0.5, 0.6) is 0 Å². The van der Waals surface area contributed by atoms with Crippen LogP contribution in [-0.4, -0.2) is 40.1 Å². The van der Waals surface area contributed by atoms with Crippen molar-refractivity contribution >= 4 is 17.8 Å². The minimum absolute atomic E-state index is 0.283. The van der Waals surface area contributed by atoms with Gasteiger partial charge in [-0.3, -0.25) is 15.3 Å². The van der Waals surface area contributed by atoms with Crippen molar-refractivity contribution in [2.75, 3.05) is 18.5 Å². The summed E-state index contributed by atoms with van der Waals surface area (Å²) in [5.41, 5.74) is 3.43. The minimum atomic E-state index is -0.438. The lowest BCUT2D eigenvalue weighted by molar-refractivity contribution is 0.0526. The lowest BCUT2D eigenvalue weighted by Crippen LogP contribution is -2.28. The second kappa shape index (κ2) is 9.41. The first-order chi connectivity index (χ1) is 14.1. The average Bonchev–Trinajstić information content (AvgIpc) is 2.75. The Hall–Kier alpha value is -3.81. The SMILES string of the molecule is CCNC(=O)Nc1cc(-c2cccnc2)c(-c2cncc(C(=O)OCC)c2)cn1. The third-order valence-electron chi connectivity index (χ3n) is 4.02. The summed E-state index contributed by atoms with van der Waals surface area (Å²) in [6.07, 6.45) is 8.15. The van der Waals surface area contributed by atoms with E-state index in [1.807, 2.05) is 19.1 Å². The van der Waals surface area contributed by atoms with Crippen molar-refractivity contribution in [1.29, 1.82) is 0 Å². The molecular formula is C21H21N5O3. The Morgan fingerprint density at radius 3 is 2.55 bits per heavy atom. The number of hydrogen-bond acceptors (Lipinski definition) is 6. The van der Waals surface area contributed by atoms with Gasteiger partial charge in [0.15, 0.2) is 0 Å². The number of urea groups is 1. The van der Waals surface area contributed by atoms with Crippen LogP contribution in [0, 0.1) is 0 Å². The average molecular weight is 391 g/mol. The van der Waals surface area contributed by atoms with E-state index < -0.39 is 5.97 Å². The highest BCUT2D eigenvalue weighted by Crippen LogP contribution is 2.33. The second-order valence-corrected chi connectivity index (χ2v) is 6.02. The van der Waals surface area contributed by atoms with E-state index in [9.17, 15) is 9.59 Å². The summed E-state index contributed by atoms with van der Waals surface area (Å²) in [4.78, 5) is 36.6. The maximum absolute atomic E-state index is 12.1. The number of carbonyl (C=O) groups is 2. The van der Waals surface area contributed by atoms with Crippen molar-refractivity contribution < 1.29 is 14.3 Å². The van der Waals surface area contributed by atoms with Crippen molar-refractivity contribution in [3.05, 3.63) is 60.8 Å². The molecule has 0 spiro atoms. The van der Waals surface area contributed by atoms with Crippen LogP contribution in [0.25, 0.3) is 22.3 Å². The molecule has 0 saturated heterocycles. The molecule has 0 unspecified atom stereocenters. The number of rotatable bonds is 6. The lowest BCUT2D eigenvalue weighted by Gasteiger charge is -2.13. The second-order valence-electron chi connectivity index (χ2n) is 6.02. The summed E-state index contributed by atoms with van der Waals surface area (Å²) in [5.74, 6) is -0.0414. The molecule has 0 radical (unpaired) electrons. The largest absolute Gasteiger partial charge is 0.462 e. The zero-order valence-electron chi connectivity index (χ0n) is 16.2. The predicted octanol–water partition coefficient (Wildman–Crippen LogP) is 3.52. The number of ether oxygens (including phenoxy) is 1. The van der Waals surface area contributed by atoms with Crippen molar-refractivity contribution in [3.63, 3.8) is 0 Å². The molecule has 2 amide bonds. The summed E-state index contributed by atoms with van der Waals surface area (Å²) in [5, 5.41) is 5.37. The number of amides is 2. The summed E-state index contributed by atoms with van der Waals surface area (Å²) in [7, 11) is 0. The first-order valence-electron chi connectivity index (χ1n) is 9.20. The van der Waals surface area contributed by atoms with Gasteiger partial charge in [-0.05, 0) is 37.6 Å². The van der Waals surface area contributed by atoms with Crippen LogP contribution in [0.15, 0.2) is 55.2 Å². The van der Waals surface area contributed by atoms with Gasteiger partial charge in [0, 0.05) is 54.2 Å². The molecule has 0 aromatic carbocycles. The molecule has 2 N–H and O–H groups in total. The number of esters is 1. The molecule has 0 saturated carbocycles. The maximum Gasteiger partial charge on any atom is 0.339 e. The molecule has 0 aliphatic rings. The highest BCUT2D eigenvalue weighted by Gasteiger charge is 2.14. The molecule has 0 aliphatic carbocycles. The smallest absolute Gasteiger partial charge is 0.339 e. The van der Waals surface area contributed by atoms with E-state index >= 15 is 0 Å². The first kappa shape index (κ1) is 19.9. The molecule has 148 valence electrons. The molecule has 0 bridgehead atoms. The molecule has 0 aliphatic heterocycles. The maximum atomic E-state index is 12.1. The molecule has 29 heavy (non-hydrogen) atoms. The predicted molar refractivity (Wildman–Crippen MR) is 109 cm³/mol. The molecule has 3 aromatic rings. The number of hydrogen-bond donors (Lipinski definition) is 2.